The number of rotatable bonds is 3. The second kappa shape index (κ2) is 5.93. The van der Waals surface area contributed by atoms with Crippen molar-refractivity contribution < 1.29 is 14.3 Å². The van der Waals surface area contributed by atoms with E-state index in [9.17, 15) is 9.59 Å². The Morgan fingerprint density at radius 3 is 2.16 bits per heavy atom. The zero-order chi connectivity index (χ0) is 14.7. The third-order valence-corrected chi connectivity index (χ3v) is 3.70. The molecule has 0 spiro atoms. The molecule has 0 aromatic heterocycles. The molecule has 0 N–H and O–H groups in total. The fraction of sp³-hybridized carbons (Fsp3) is 0.867. The van der Waals surface area contributed by atoms with Crippen LogP contribution in [0.15, 0.2) is 0 Å². The van der Waals surface area contributed by atoms with E-state index in [1.54, 1.807) is 11.8 Å². The molecule has 1 saturated heterocycles. The summed E-state index contributed by atoms with van der Waals surface area (Å²) < 4.78 is 5.38. The lowest BCUT2D eigenvalue weighted by Crippen LogP contribution is -2.44. The monoisotopic (exact) mass is 269 g/mol. The third kappa shape index (κ3) is 5.62. The Morgan fingerprint density at radius 2 is 1.74 bits per heavy atom. The van der Waals surface area contributed by atoms with Crippen LogP contribution < -0.4 is 0 Å². The second-order valence-electron chi connectivity index (χ2n) is 6.98. The highest BCUT2D eigenvalue weighted by Gasteiger charge is 2.33. The van der Waals surface area contributed by atoms with Crippen molar-refractivity contribution in [3.8, 4) is 0 Å². The Morgan fingerprint density at radius 1 is 1.21 bits per heavy atom. The van der Waals surface area contributed by atoms with E-state index in [1.165, 1.54) is 0 Å². The number of ether oxygens (including phenoxy) is 1. The number of Topliss-reactive ketones (excluding diaryl/α,β-unsaturated/α-hetero) is 1. The van der Waals surface area contributed by atoms with Gasteiger partial charge in [0.1, 0.15) is 11.4 Å². The van der Waals surface area contributed by atoms with Crippen LogP contribution in [0, 0.1) is 5.41 Å². The Labute approximate surface area is 116 Å². The van der Waals surface area contributed by atoms with E-state index in [2.05, 4.69) is 6.92 Å². The molecule has 4 heteroatoms. The topological polar surface area (TPSA) is 46.6 Å². The number of likely N-dealkylation sites (tertiary alicyclic amines) is 1. The molecule has 4 nitrogen and oxygen atoms in total. The molecule has 0 unspecified atom stereocenters. The van der Waals surface area contributed by atoms with Crippen molar-refractivity contribution in [3.63, 3.8) is 0 Å². The van der Waals surface area contributed by atoms with Gasteiger partial charge in [-0.15, -0.1) is 0 Å². The molecule has 0 bridgehead atoms. The van der Waals surface area contributed by atoms with Gasteiger partial charge in [0.25, 0.3) is 0 Å². The minimum atomic E-state index is -0.438. The highest BCUT2D eigenvalue weighted by Crippen LogP contribution is 2.35. The lowest BCUT2D eigenvalue weighted by Gasteiger charge is -2.39. The summed E-state index contributed by atoms with van der Waals surface area (Å²) in [7, 11) is 0. The van der Waals surface area contributed by atoms with Gasteiger partial charge in [-0.05, 0) is 52.4 Å². The number of hydrogen-bond donors (Lipinski definition) is 0. The first-order valence-corrected chi connectivity index (χ1v) is 7.09. The van der Waals surface area contributed by atoms with E-state index in [0.717, 1.165) is 32.4 Å². The molecule has 1 aliphatic heterocycles. The molecule has 0 atom stereocenters. The average Bonchev–Trinajstić information content (AvgIpc) is 2.25. The van der Waals surface area contributed by atoms with E-state index in [1.807, 2.05) is 20.8 Å². The van der Waals surface area contributed by atoms with Gasteiger partial charge in [0, 0.05) is 19.5 Å². The van der Waals surface area contributed by atoms with Crippen LogP contribution in [0.5, 0.6) is 0 Å². The summed E-state index contributed by atoms with van der Waals surface area (Å²) in [5.74, 6) is 0.246. The first kappa shape index (κ1) is 16.0. The zero-order valence-corrected chi connectivity index (χ0v) is 12.9. The molecular formula is C15H27NO3. The summed E-state index contributed by atoms with van der Waals surface area (Å²) in [6.45, 7) is 10.9. The molecule has 1 aliphatic rings. The van der Waals surface area contributed by atoms with Crippen LogP contribution in [0.4, 0.5) is 4.79 Å². The van der Waals surface area contributed by atoms with E-state index in [4.69, 9.17) is 4.74 Å². The van der Waals surface area contributed by atoms with Gasteiger partial charge in [-0.1, -0.05) is 6.92 Å². The van der Waals surface area contributed by atoms with Crippen molar-refractivity contribution in [3.05, 3.63) is 0 Å². The summed E-state index contributed by atoms with van der Waals surface area (Å²) in [5, 5.41) is 0. The predicted octanol–water partition coefficient (Wildman–Crippen LogP) is 3.39. The molecule has 110 valence electrons. The fourth-order valence-electron chi connectivity index (χ4n) is 2.28. The molecule has 1 fully saturated rings. The first-order chi connectivity index (χ1) is 8.61. The number of carbonyl (C=O) groups is 2. The minimum absolute atomic E-state index is 0.185. The minimum Gasteiger partial charge on any atom is -0.444 e. The van der Waals surface area contributed by atoms with Crippen LogP contribution in [-0.4, -0.2) is 35.5 Å². The molecular weight excluding hydrogens is 242 g/mol. The highest BCUT2D eigenvalue weighted by atomic mass is 16.6. The number of ketones is 1. The Kier molecular flexibility index (Phi) is 4.99. The maximum absolute atomic E-state index is 11.9. The molecule has 0 aromatic rings. The van der Waals surface area contributed by atoms with E-state index in [-0.39, 0.29) is 17.3 Å². The summed E-state index contributed by atoms with van der Waals surface area (Å²) in [6, 6.07) is 0. The quantitative estimate of drug-likeness (QED) is 0.789. The Bertz CT molecular complexity index is 336. The van der Waals surface area contributed by atoms with E-state index in [0.29, 0.717) is 6.42 Å². The molecule has 0 aliphatic carbocycles. The average molecular weight is 269 g/mol. The first-order valence-electron chi connectivity index (χ1n) is 7.09. The van der Waals surface area contributed by atoms with Crippen molar-refractivity contribution in [1.82, 2.24) is 4.90 Å². The van der Waals surface area contributed by atoms with E-state index < -0.39 is 5.60 Å². The number of hydrogen-bond acceptors (Lipinski definition) is 3. The van der Waals surface area contributed by atoms with Crippen LogP contribution >= 0.6 is 0 Å². The van der Waals surface area contributed by atoms with Gasteiger partial charge in [0.05, 0.1) is 0 Å². The van der Waals surface area contributed by atoms with Crippen LogP contribution in [-0.2, 0) is 9.53 Å². The zero-order valence-electron chi connectivity index (χ0n) is 12.9. The molecule has 0 saturated carbocycles. The van der Waals surface area contributed by atoms with Crippen LogP contribution in [0.2, 0.25) is 0 Å². The highest BCUT2D eigenvalue weighted by molar-refractivity contribution is 5.75. The lowest BCUT2D eigenvalue weighted by atomic mass is 9.76. The molecule has 0 aromatic carbocycles. The molecule has 1 heterocycles. The number of piperidine rings is 1. The summed E-state index contributed by atoms with van der Waals surface area (Å²) >= 11 is 0. The van der Waals surface area contributed by atoms with Gasteiger partial charge in [-0.2, -0.15) is 0 Å². The maximum atomic E-state index is 11.9. The third-order valence-electron chi connectivity index (χ3n) is 3.70. The van der Waals surface area contributed by atoms with Gasteiger partial charge in [0.2, 0.25) is 0 Å². The number of nitrogens with zero attached hydrogens (tertiary/aromatic N) is 1. The van der Waals surface area contributed by atoms with Gasteiger partial charge in [0.15, 0.2) is 0 Å². The van der Waals surface area contributed by atoms with Crippen LogP contribution in [0.25, 0.3) is 0 Å². The largest absolute Gasteiger partial charge is 0.444 e. The van der Waals surface area contributed by atoms with Gasteiger partial charge >= 0.3 is 6.09 Å². The second-order valence-corrected chi connectivity index (χ2v) is 6.98. The Balaban J connectivity index is 2.44. The van der Waals surface area contributed by atoms with Crippen molar-refractivity contribution in [2.75, 3.05) is 13.1 Å². The van der Waals surface area contributed by atoms with Crippen molar-refractivity contribution >= 4 is 11.9 Å². The van der Waals surface area contributed by atoms with Gasteiger partial charge in [-0.3, -0.25) is 0 Å². The SMILES string of the molecule is CC(=O)CCC1(C)CCN(C(=O)OC(C)(C)C)CC1. The summed E-state index contributed by atoms with van der Waals surface area (Å²) in [4.78, 5) is 24.8. The fourth-order valence-corrected chi connectivity index (χ4v) is 2.28. The van der Waals surface area contributed by atoms with Crippen molar-refractivity contribution in [2.24, 2.45) is 5.41 Å². The van der Waals surface area contributed by atoms with Crippen molar-refractivity contribution in [1.29, 1.82) is 0 Å². The molecule has 1 amide bonds. The smallest absolute Gasteiger partial charge is 0.410 e. The van der Waals surface area contributed by atoms with Gasteiger partial charge < -0.3 is 14.4 Å². The standard InChI is InChI=1S/C15H27NO3/c1-12(17)6-7-15(5)8-10-16(11-9-15)13(18)19-14(2,3)4/h6-11H2,1-5H3. The summed E-state index contributed by atoms with van der Waals surface area (Å²) in [5.41, 5.74) is -0.253. The van der Waals surface area contributed by atoms with Crippen LogP contribution in [0.3, 0.4) is 0 Å². The normalized spacial score (nSPS) is 19.1. The molecule has 19 heavy (non-hydrogen) atoms. The van der Waals surface area contributed by atoms with Crippen LogP contribution in [0.1, 0.15) is 60.3 Å². The van der Waals surface area contributed by atoms with E-state index >= 15 is 0 Å². The van der Waals surface area contributed by atoms with Gasteiger partial charge in [-0.25, -0.2) is 4.79 Å². The molecule has 0 radical (unpaired) electrons. The molecule has 1 rings (SSSR count). The van der Waals surface area contributed by atoms with Crippen molar-refractivity contribution in [2.45, 2.75) is 65.9 Å². The maximum Gasteiger partial charge on any atom is 0.410 e. The lowest BCUT2D eigenvalue weighted by molar-refractivity contribution is -0.117. The number of carbonyl (C=O) groups excluding carboxylic acids is 2. The summed E-state index contributed by atoms with van der Waals surface area (Å²) in [6.07, 6.45) is 3.23. The predicted molar refractivity (Wildman–Crippen MR) is 75.1 cm³/mol. The number of amides is 1. The Hall–Kier alpha value is -1.06.